The molecule has 0 bridgehead atoms. The molecule has 1 aromatic heterocycles. The molecule has 1 atom stereocenters. The zero-order valence-electron chi connectivity index (χ0n) is 19.9. The van der Waals surface area contributed by atoms with E-state index in [-0.39, 0.29) is 17.7 Å². The number of aromatic nitrogens is 1. The summed E-state index contributed by atoms with van der Waals surface area (Å²) in [6, 6.07) is 13.2. The highest BCUT2D eigenvalue weighted by Crippen LogP contribution is 2.35. The third kappa shape index (κ3) is 4.94. The smallest absolute Gasteiger partial charge is 0.341 e. The average Bonchev–Trinajstić information content (AvgIpc) is 3.17. The maximum atomic E-state index is 13.7. The second kappa shape index (κ2) is 10.6. The second-order valence-electron chi connectivity index (χ2n) is 7.80. The monoisotopic (exact) mass is 508 g/mol. The number of ether oxygens (including phenoxy) is 3. The van der Waals surface area contributed by atoms with Gasteiger partial charge in [-0.2, -0.15) is 0 Å². The first-order chi connectivity index (χ1) is 17.3. The van der Waals surface area contributed by atoms with Crippen LogP contribution in [-0.4, -0.2) is 41.9 Å². The van der Waals surface area contributed by atoms with Crippen molar-refractivity contribution < 1.29 is 28.9 Å². The number of hydrogen-bond donors (Lipinski definition) is 1. The fraction of sp³-hybridized carbons (Fsp3) is 0.231. The zero-order valence-corrected chi connectivity index (χ0v) is 20.7. The summed E-state index contributed by atoms with van der Waals surface area (Å²) in [6.07, 6.45) is 1.72. The SMILES string of the molecule is CCOC(=O)C1=C(C)N=c2s/c(=C/c3ccc(OCC(=O)O)cc3)c(=O)n2C1c1ccccc1OC. The molecule has 2 aromatic carbocycles. The van der Waals surface area contributed by atoms with Crippen LogP contribution in [0.4, 0.5) is 0 Å². The molecule has 0 saturated carbocycles. The van der Waals surface area contributed by atoms with Crippen LogP contribution in [0.2, 0.25) is 0 Å². The van der Waals surface area contributed by atoms with Crippen LogP contribution in [-0.2, 0) is 14.3 Å². The molecule has 36 heavy (non-hydrogen) atoms. The van der Waals surface area contributed by atoms with Gasteiger partial charge in [0.05, 0.1) is 29.5 Å². The predicted octanol–water partition coefficient (Wildman–Crippen LogP) is 2.27. The molecule has 0 radical (unpaired) electrons. The number of carbonyl (C=O) groups excluding carboxylic acids is 1. The Morgan fingerprint density at radius 1 is 1.17 bits per heavy atom. The molecular formula is C26H24N2O7S. The molecule has 1 aliphatic heterocycles. The number of nitrogens with zero attached hydrogens (tertiary/aromatic N) is 2. The summed E-state index contributed by atoms with van der Waals surface area (Å²) in [7, 11) is 1.53. The molecule has 1 aliphatic rings. The summed E-state index contributed by atoms with van der Waals surface area (Å²) in [5.41, 5.74) is 1.80. The number of allylic oxidation sites excluding steroid dienone is 1. The van der Waals surface area contributed by atoms with Crippen molar-refractivity contribution in [2.75, 3.05) is 20.3 Å². The Balaban J connectivity index is 1.85. The van der Waals surface area contributed by atoms with Gasteiger partial charge >= 0.3 is 11.9 Å². The minimum atomic E-state index is -1.07. The predicted molar refractivity (Wildman–Crippen MR) is 133 cm³/mol. The van der Waals surface area contributed by atoms with E-state index in [1.54, 1.807) is 50.3 Å². The Morgan fingerprint density at radius 3 is 2.56 bits per heavy atom. The first-order valence-corrected chi connectivity index (χ1v) is 11.9. The number of thiazole rings is 1. The van der Waals surface area contributed by atoms with E-state index >= 15 is 0 Å². The quantitative estimate of drug-likeness (QED) is 0.464. The summed E-state index contributed by atoms with van der Waals surface area (Å²) < 4.78 is 17.9. The number of benzene rings is 2. The number of fused-ring (bicyclic) bond motifs is 1. The molecule has 0 spiro atoms. The average molecular weight is 509 g/mol. The summed E-state index contributed by atoms with van der Waals surface area (Å²) in [5, 5.41) is 8.76. The van der Waals surface area contributed by atoms with Crippen molar-refractivity contribution in [1.82, 2.24) is 4.57 Å². The number of methoxy groups -OCH3 is 1. The summed E-state index contributed by atoms with van der Waals surface area (Å²) >= 11 is 1.21. The number of hydrogen-bond acceptors (Lipinski definition) is 8. The van der Waals surface area contributed by atoms with Gasteiger partial charge in [0.15, 0.2) is 11.4 Å². The Hall–Kier alpha value is -4.18. The van der Waals surface area contributed by atoms with Gasteiger partial charge in [-0.3, -0.25) is 9.36 Å². The Morgan fingerprint density at radius 2 is 1.89 bits per heavy atom. The number of rotatable bonds is 8. The number of para-hydroxylation sites is 1. The van der Waals surface area contributed by atoms with Gasteiger partial charge < -0.3 is 19.3 Å². The molecule has 0 aliphatic carbocycles. The van der Waals surface area contributed by atoms with Crippen LogP contribution in [0.5, 0.6) is 11.5 Å². The van der Waals surface area contributed by atoms with Crippen LogP contribution >= 0.6 is 11.3 Å². The summed E-state index contributed by atoms with van der Waals surface area (Å²) in [4.78, 5) is 42.4. The second-order valence-corrected chi connectivity index (χ2v) is 8.80. The van der Waals surface area contributed by atoms with Crippen molar-refractivity contribution in [3.8, 4) is 11.5 Å². The fourth-order valence-electron chi connectivity index (χ4n) is 3.93. The van der Waals surface area contributed by atoms with E-state index in [9.17, 15) is 14.4 Å². The molecule has 3 aromatic rings. The molecule has 186 valence electrons. The van der Waals surface area contributed by atoms with Crippen molar-refractivity contribution in [2.45, 2.75) is 19.9 Å². The lowest BCUT2D eigenvalue weighted by atomic mass is 9.95. The van der Waals surface area contributed by atoms with Crippen LogP contribution in [0, 0.1) is 0 Å². The Bertz CT molecular complexity index is 1520. The molecule has 9 nitrogen and oxygen atoms in total. The first-order valence-electron chi connectivity index (χ1n) is 11.1. The van der Waals surface area contributed by atoms with Gasteiger partial charge in [0.25, 0.3) is 5.56 Å². The standard InChI is InChI=1S/C26H24N2O7S/c1-4-34-25(32)22-15(2)27-26-28(23(22)18-7-5-6-8-19(18)33-3)24(31)20(36-26)13-16-9-11-17(12-10-16)35-14-21(29)30/h5-13,23H,4,14H2,1-3H3,(H,29,30)/b20-13+. The number of carbonyl (C=O) groups is 2. The minimum absolute atomic E-state index is 0.185. The Kier molecular flexibility index (Phi) is 7.35. The normalized spacial score (nSPS) is 15.2. The highest BCUT2D eigenvalue weighted by Gasteiger charge is 2.34. The van der Waals surface area contributed by atoms with Gasteiger partial charge in [-0.05, 0) is 43.7 Å². The van der Waals surface area contributed by atoms with E-state index in [4.69, 9.17) is 19.3 Å². The van der Waals surface area contributed by atoms with E-state index in [0.717, 1.165) is 5.56 Å². The minimum Gasteiger partial charge on any atom is -0.496 e. The van der Waals surface area contributed by atoms with Gasteiger partial charge in [-0.15, -0.1) is 0 Å². The summed E-state index contributed by atoms with van der Waals surface area (Å²) in [5.74, 6) is -0.671. The molecule has 0 fully saturated rings. The zero-order chi connectivity index (χ0) is 25.8. The summed E-state index contributed by atoms with van der Waals surface area (Å²) in [6.45, 7) is 3.19. The number of carboxylic acid groups (broad SMARTS) is 1. The molecule has 10 heteroatoms. The van der Waals surface area contributed by atoms with E-state index in [1.165, 1.54) is 23.0 Å². The largest absolute Gasteiger partial charge is 0.496 e. The van der Waals surface area contributed by atoms with Crippen molar-refractivity contribution in [3.63, 3.8) is 0 Å². The fourth-order valence-corrected chi connectivity index (χ4v) is 4.98. The van der Waals surface area contributed by atoms with Crippen molar-refractivity contribution >= 4 is 29.4 Å². The van der Waals surface area contributed by atoms with E-state index in [2.05, 4.69) is 4.99 Å². The lowest BCUT2D eigenvalue weighted by molar-refractivity contribution is -0.140. The van der Waals surface area contributed by atoms with Gasteiger partial charge in [0.2, 0.25) is 0 Å². The van der Waals surface area contributed by atoms with Crippen LogP contribution in [0.1, 0.15) is 31.0 Å². The highest BCUT2D eigenvalue weighted by atomic mass is 32.1. The van der Waals surface area contributed by atoms with Crippen LogP contribution in [0.25, 0.3) is 6.08 Å². The Labute approximate surface area is 210 Å². The van der Waals surface area contributed by atoms with E-state index in [1.807, 2.05) is 18.2 Å². The third-order valence-electron chi connectivity index (χ3n) is 5.49. The van der Waals surface area contributed by atoms with E-state index in [0.29, 0.717) is 32.1 Å². The highest BCUT2D eigenvalue weighted by molar-refractivity contribution is 7.07. The third-order valence-corrected chi connectivity index (χ3v) is 6.47. The van der Waals surface area contributed by atoms with Crippen LogP contribution < -0.4 is 24.4 Å². The van der Waals surface area contributed by atoms with Crippen LogP contribution in [0.3, 0.4) is 0 Å². The van der Waals surface area contributed by atoms with Crippen molar-refractivity contribution in [1.29, 1.82) is 0 Å². The van der Waals surface area contributed by atoms with Crippen molar-refractivity contribution in [3.05, 3.63) is 90.6 Å². The molecule has 2 heterocycles. The van der Waals surface area contributed by atoms with Crippen molar-refractivity contribution in [2.24, 2.45) is 4.99 Å². The molecule has 0 amide bonds. The van der Waals surface area contributed by atoms with Gasteiger partial charge in [0, 0.05) is 5.56 Å². The van der Waals surface area contributed by atoms with E-state index < -0.39 is 24.6 Å². The molecule has 4 rings (SSSR count). The van der Waals surface area contributed by atoms with Gasteiger partial charge in [0.1, 0.15) is 17.5 Å². The van der Waals surface area contributed by atoms with Gasteiger partial charge in [-0.25, -0.2) is 14.6 Å². The number of aliphatic carboxylic acids is 1. The topological polar surface area (TPSA) is 116 Å². The maximum Gasteiger partial charge on any atom is 0.341 e. The molecule has 1 unspecified atom stereocenters. The lowest BCUT2D eigenvalue weighted by Gasteiger charge is -2.25. The maximum absolute atomic E-state index is 13.7. The number of esters is 1. The molecule has 0 saturated heterocycles. The lowest BCUT2D eigenvalue weighted by Crippen LogP contribution is -2.40. The molecular weight excluding hydrogens is 484 g/mol. The van der Waals surface area contributed by atoms with Crippen LogP contribution in [0.15, 0.2) is 69.6 Å². The molecule has 1 N–H and O–H groups in total. The number of carboxylic acids is 1. The first kappa shape index (κ1) is 24.9. The van der Waals surface area contributed by atoms with Gasteiger partial charge in [-0.1, -0.05) is 41.7 Å².